The number of nitrogens with zero attached hydrogens (tertiary/aromatic N) is 5. The van der Waals surface area contributed by atoms with E-state index in [1.165, 1.54) is 0 Å². The summed E-state index contributed by atoms with van der Waals surface area (Å²) in [6.45, 7) is 20.7. The predicted octanol–water partition coefficient (Wildman–Crippen LogP) is 9.46. The third kappa shape index (κ3) is 7.50. The molecule has 2 aromatic carbocycles. The summed E-state index contributed by atoms with van der Waals surface area (Å²) < 4.78 is 6.29. The number of amidine groups is 1. The van der Waals surface area contributed by atoms with Gasteiger partial charge in [0.15, 0.2) is 0 Å². The second-order valence-corrected chi connectivity index (χ2v) is 16.2. The van der Waals surface area contributed by atoms with E-state index in [0.29, 0.717) is 59.9 Å². The Hall–Kier alpha value is -3.62. The van der Waals surface area contributed by atoms with Crippen LogP contribution in [0.15, 0.2) is 65.8 Å². The molecule has 1 aromatic heterocycles. The summed E-state index contributed by atoms with van der Waals surface area (Å²) in [5.41, 5.74) is 1.10. The third-order valence-electron chi connectivity index (χ3n) is 10.7. The number of piperidine rings is 1. The van der Waals surface area contributed by atoms with Crippen LogP contribution in [0.1, 0.15) is 104 Å². The van der Waals surface area contributed by atoms with Gasteiger partial charge in [-0.3, -0.25) is 19.7 Å². The zero-order chi connectivity index (χ0) is 37.3. The van der Waals surface area contributed by atoms with Crippen molar-refractivity contribution in [2.24, 2.45) is 10.9 Å². The molecule has 51 heavy (non-hydrogen) atoms. The lowest BCUT2D eigenvalue weighted by atomic mass is 9.71. The molecule has 1 fully saturated rings. The van der Waals surface area contributed by atoms with Crippen molar-refractivity contribution in [2.45, 2.75) is 104 Å². The van der Waals surface area contributed by atoms with Crippen molar-refractivity contribution in [2.75, 3.05) is 26.2 Å². The van der Waals surface area contributed by atoms with Crippen molar-refractivity contribution in [3.05, 3.63) is 93.2 Å². The molecule has 5 rings (SSSR count). The van der Waals surface area contributed by atoms with Crippen LogP contribution in [-0.2, 0) is 21.3 Å². The summed E-state index contributed by atoms with van der Waals surface area (Å²) in [4.78, 5) is 44.5. The molecule has 3 amide bonds. The molecule has 2 aliphatic heterocycles. The van der Waals surface area contributed by atoms with Gasteiger partial charge < -0.3 is 14.5 Å². The van der Waals surface area contributed by atoms with Crippen LogP contribution in [-0.4, -0.2) is 69.7 Å². The monoisotopic (exact) mass is 733 g/mol. The van der Waals surface area contributed by atoms with Gasteiger partial charge in [-0.2, -0.15) is 0 Å². The normalized spacial score (nSPS) is 21.2. The number of benzene rings is 2. The maximum atomic E-state index is 15.3. The minimum Gasteiger partial charge on any atom is -0.493 e. The Morgan fingerprint density at radius 1 is 0.961 bits per heavy atom. The van der Waals surface area contributed by atoms with Gasteiger partial charge in [0.25, 0.3) is 0 Å². The smallest absolute Gasteiger partial charge is 0.326 e. The molecule has 0 bridgehead atoms. The average Bonchev–Trinajstić information content (AvgIpc) is 3.33. The average molecular weight is 735 g/mol. The van der Waals surface area contributed by atoms with E-state index in [0.717, 1.165) is 29.7 Å². The van der Waals surface area contributed by atoms with Crippen molar-refractivity contribution in [1.29, 1.82) is 0 Å². The largest absolute Gasteiger partial charge is 0.493 e. The number of carbonyl (C=O) groups excluding carboxylic acids is 2. The second kappa shape index (κ2) is 15.2. The Kier molecular flexibility index (Phi) is 11.5. The Balaban J connectivity index is 1.63. The highest BCUT2D eigenvalue weighted by Gasteiger charge is 2.60. The number of amides is 3. The highest BCUT2D eigenvalue weighted by atomic mass is 35.5. The topological polar surface area (TPSA) is 78.3 Å². The molecule has 0 saturated carbocycles. The second-order valence-electron chi connectivity index (χ2n) is 15.4. The lowest BCUT2D eigenvalue weighted by molar-refractivity contribution is -0.134. The lowest BCUT2D eigenvalue weighted by Gasteiger charge is -2.47. The third-order valence-corrected chi connectivity index (χ3v) is 11.3. The van der Waals surface area contributed by atoms with Gasteiger partial charge in [-0.15, -0.1) is 0 Å². The highest BCUT2D eigenvalue weighted by Crippen LogP contribution is 2.54. The number of aliphatic imine (C=N–C) groups is 1. The van der Waals surface area contributed by atoms with Gasteiger partial charge in [-0.25, -0.2) is 4.79 Å². The zero-order valence-corrected chi connectivity index (χ0v) is 33.1. The summed E-state index contributed by atoms with van der Waals surface area (Å²) in [5, 5.41) is 1.21. The molecule has 2 atom stereocenters. The number of aromatic nitrogens is 1. The minimum atomic E-state index is -1.02. The van der Waals surface area contributed by atoms with Gasteiger partial charge in [0, 0.05) is 65.5 Å². The summed E-state index contributed by atoms with van der Waals surface area (Å²) in [6, 6.07) is 17.3. The summed E-state index contributed by atoms with van der Waals surface area (Å²) in [6.07, 6.45) is 3.77. The molecule has 10 heteroatoms. The fourth-order valence-corrected chi connectivity index (χ4v) is 7.77. The number of pyridine rings is 1. The predicted molar refractivity (Wildman–Crippen MR) is 207 cm³/mol. The van der Waals surface area contributed by atoms with Gasteiger partial charge in [0.2, 0.25) is 5.91 Å². The van der Waals surface area contributed by atoms with Gasteiger partial charge >= 0.3 is 6.03 Å². The van der Waals surface area contributed by atoms with Crippen LogP contribution in [0.4, 0.5) is 4.79 Å². The summed E-state index contributed by atoms with van der Waals surface area (Å²) in [7, 11) is 0. The van der Waals surface area contributed by atoms with E-state index in [9.17, 15) is 4.79 Å². The Bertz CT molecular complexity index is 1750. The van der Waals surface area contributed by atoms with Crippen LogP contribution in [0.3, 0.4) is 0 Å². The van der Waals surface area contributed by atoms with Crippen LogP contribution < -0.4 is 4.74 Å². The van der Waals surface area contributed by atoms with Crippen molar-refractivity contribution in [1.82, 2.24) is 19.7 Å². The van der Waals surface area contributed by atoms with Crippen molar-refractivity contribution < 1.29 is 14.3 Å². The first kappa shape index (κ1) is 38.6. The number of halogens is 2. The fourth-order valence-electron chi connectivity index (χ4n) is 7.52. The molecule has 0 spiro atoms. The van der Waals surface area contributed by atoms with Crippen molar-refractivity contribution in [3.8, 4) is 5.75 Å². The van der Waals surface area contributed by atoms with E-state index in [4.69, 9.17) is 37.9 Å². The first-order valence-corrected chi connectivity index (χ1v) is 18.9. The molecule has 0 radical (unpaired) electrons. The maximum Gasteiger partial charge on any atom is 0.326 e. The Labute approximate surface area is 314 Å². The lowest BCUT2D eigenvalue weighted by Crippen LogP contribution is -2.59. The summed E-state index contributed by atoms with van der Waals surface area (Å²) in [5.74, 6) is 1.49. The molecule has 1 saturated heterocycles. The van der Waals surface area contributed by atoms with E-state index in [-0.39, 0.29) is 29.3 Å². The van der Waals surface area contributed by atoms with E-state index < -0.39 is 11.1 Å². The fraction of sp³-hybridized carbons (Fsp3) is 0.512. The first-order chi connectivity index (χ1) is 24.0. The van der Waals surface area contributed by atoms with Gasteiger partial charge in [-0.05, 0) is 95.7 Å². The molecular formula is C41H53Cl2N5O3. The standard InChI is InChI=1S/C41H53Cl2N5O3/c1-10-47(27(3)4)36(49)24-28-20-22-46(23-21-28)38(50)48-37(33-26-44-35(39(5,6)7)25-34(33)51-11-2)45-40(8,29-12-16-31(42)17-13-29)41(48,9)30-14-18-32(43)19-15-30/h12-19,25-28H,10-11,20-24H2,1-9H3/t40-,41+/m0/s1. The Morgan fingerprint density at radius 2 is 1.53 bits per heavy atom. The van der Waals surface area contributed by atoms with Crippen LogP contribution in [0.25, 0.3) is 0 Å². The number of rotatable bonds is 9. The minimum absolute atomic E-state index is 0.158. The number of hydrogen-bond donors (Lipinski definition) is 0. The van der Waals surface area contributed by atoms with Crippen molar-refractivity contribution in [3.63, 3.8) is 0 Å². The van der Waals surface area contributed by atoms with Gasteiger partial charge in [0.05, 0.1) is 12.2 Å². The van der Waals surface area contributed by atoms with E-state index in [2.05, 4.69) is 48.5 Å². The SMILES string of the molecule is CCOc1cc(C(C)(C)C)ncc1C1=N[C@@](C)(c2ccc(Cl)cc2)[C@@](C)(c2ccc(Cl)cc2)N1C(=O)N1CCC(CC(=O)N(CC)C(C)C)CC1. The molecule has 3 aromatic rings. The molecule has 2 aliphatic rings. The summed E-state index contributed by atoms with van der Waals surface area (Å²) >= 11 is 12.8. The van der Waals surface area contributed by atoms with E-state index >= 15 is 4.79 Å². The maximum absolute atomic E-state index is 15.3. The highest BCUT2D eigenvalue weighted by molar-refractivity contribution is 6.30. The van der Waals surface area contributed by atoms with Gasteiger partial charge in [0.1, 0.15) is 22.7 Å². The van der Waals surface area contributed by atoms with Crippen LogP contribution in [0.5, 0.6) is 5.75 Å². The molecule has 0 unspecified atom stereocenters. The number of hydrogen-bond acceptors (Lipinski definition) is 5. The number of urea groups is 1. The van der Waals surface area contributed by atoms with Crippen molar-refractivity contribution >= 4 is 41.0 Å². The molecular weight excluding hydrogens is 681 g/mol. The zero-order valence-electron chi connectivity index (χ0n) is 31.6. The molecule has 0 N–H and O–H groups in total. The molecule has 0 aliphatic carbocycles. The number of ether oxygens (including phenoxy) is 1. The quantitative estimate of drug-likeness (QED) is 0.220. The van der Waals surface area contributed by atoms with E-state index in [1.54, 1.807) is 6.20 Å². The number of likely N-dealkylation sites (tertiary alicyclic amines) is 1. The molecule has 3 heterocycles. The number of carbonyl (C=O) groups is 2. The van der Waals surface area contributed by atoms with Crippen LogP contribution in [0.2, 0.25) is 10.0 Å². The van der Waals surface area contributed by atoms with Crippen LogP contribution >= 0.6 is 23.2 Å². The van der Waals surface area contributed by atoms with E-state index in [1.807, 2.05) is 83.1 Å². The van der Waals surface area contributed by atoms with Crippen LogP contribution in [0, 0.1) is 5.92 Å². The molecule has 8 nitrogen and oxygen atoms in total. The Morgan fingerprint density at radius 3 is 2.04 bits per heavy atom. The van der Waals surface area contributed by atoms with Gasteiger partial charge in [-0.1, -0.05) is 68.2 Å². The molecule has 274 valence electrons. The first-order valence-electron chi connectivity index (χ1n) is 18.2.